The highest BCUT2D eigenvalue weighted by Gasteiger charge is 2.57. The number of benzene rings is 1. The topological polar surface area (TPSA) is 66.9 Å². The van der Waals surface area contributed by atoms with Crippen LogP contribution < -0.4 is 10.6 Å². The van der Waals surface area contributed by atoms with Crippen molar-refractivity contribution in [2.75, 3.05) is 18.4 Å². The third-order valence-corrected chi connectivity index (χ3v) is 7.15. The first-order valence-corrected chi connectivity index (χ1v) is 10.3. The Kier molecular flexibility index (Phi) is 4.56. The van der Waals surface area contributed by atoms with Crippen LogP contribution in [0.3, 0.4) is 0 Å². The SMILES string of the molecule is Cc1nnc(Sc2ccc(NC(=O)C3CC34CCNCC4)c(C)c2)s1. The molecule has 0 radical (unpaired) electrons. The molecule has 1 amide bonds. The third kappa shape index (κ3) is 3.59. The van der Waals surface area contributed by atoms with Crippen LogP contribution >= 0.6 is 23.1 Å². The maximum Gasteiger partial charge on any atom is 0.228 e. The summed E-state index contributed by atoms with van der Waals surface area (Å²) in [6, 6.07) is 6.14. The summed E-state index contributed by atoms with van der Waals surface area (Å²) in [5, 5.41) is 15.7. The summed E-state index contributed by atoms with van der Waals surface area (Å²) in [5.74, 6) is 0.373. The highest BCUT2D eigenvalue weighted by molar-refractivity contribution is 8.01. The summed E-state index contributed by atoms with van der Waals surface area (Å²) >= 11 is 3.21. The van der Waals surface area contributed by atoms with Gasteiger partial charge in [0.1, 0.15) is 5.01 Å². The van der Waals surface area contributed by atoms with E-state index < -0.39 is 0 Å². The standard InChI is InChI=1S/C18H22N4OS2/c1-11-9-13(25-17-22-21-12(2)24-17)3-4-15(11)20-16(23)14-10-18(14)5-7-19-8-6-18/h3-4,9,14,19H,5-8,10H2,1-2H3,(H,20,23). The minimum Gasteiger partial charge on any atom is -0.326 e. The molecule has 1 spiro atoms. The fourth-order valence-electron chi connectivity index (χ4n) is 3.68. The number of carbonyl (C=O) groups excluding carboxylic acids is 1. The Morgan fingerprint density at radius 2 is 2.12 bits per heavy atom. The van der Waals surface area contributed by atoms with Gasteiger partial charge < -0.3 is 10.6 Å². The molecule has 2 fully saturated rings. The number of hydrogen-bond donors (Lipinski definition) is 2. The van der Waals surface area contributed by atoms with E-state index in [-0.39, 0.29) is 17.2 Å². The van der Waals surface area contributed by atoms with Crippen LogP contribution in [0.25, 0.3) is 0 Å². The number of nitrogens with one attached hydrogen (secondary N) is 2. The Morgan fingerprint density at radius 3 is 2.80 bits per heavy atom. The zero-order valence-corrected chi connectivity index (χ0v) is 16.1. The molecule has 1 saturated carbocycles. The molecule has 1 aromatic carbocycles. The lowest BCUT2D eigenvalue weighted by Gasteiger charge is -2.23. The molecule has 1 aromatic heterocycles. The molecule has 1 aliphatic carbocycles. The number of aromatic nitrogens is 2. The van der Waals surface area contributed by atoms with E-state index in [9.17, 15) is 4.79 Å². The van der Waals surface area contributed by atoms with Crippen molar-refractivity contribution >= 4 is 34.7 Å². The van der Waals surface area contributed by atoms with E-state index in [0.717, 1.165) is 57.8 Å². The molecule has 7 heteroatoms. The normalized spacial score (nSPS) is 21.3. The number of nitrogens with zero attached hydrogens (tertiary/aromatic N) is 2. The van der Waals surface area contributed by atoms with Gasteiger partial charge in [0.2, 0.25) is 5.91 Å². The van der Waals surface area contributed by atoms with Crippen molar-refractivity contribution in [1.29, 1.82) is 0 Å². The lowest BCUT2D eigenvalue weighted by molar-refractivity contribution is -0.118. The van der Waals surface area contributed by atoms with Crippen molar-refractivity contribution in [2.24, 2.45) is 11.3 Å². The number of anilines is 1. The van der Waals surface area contributed by atoms with Crippen LogP contribution in [0.4, 0.5) is 5.69 Å². The van der Waals surface area contributed by atoms with Crippen molar-refractivity contribution in [2.45, 2.75) is 42.3 Å². The first-order chi connectivity index (χ1) is 12.1. The van der Waals surface area contributed by atoms with Crippen molar-refractivity contribution in [1.82, 2.24) is 15.5 Å². The fraction of sp³-hybridized carbons (Fsp3) is 0.500. The van der Waals surface area contributed by atoms with Gasteiger partial charge in [0.25, 0.3) is 0 Å². The lowest BCUT2D eigenvalue weighted by atomic mass is 9.91. The van der Waals surface area contributed by atoms with Crippen LogP contribution in [0.2, 0.25) is 0 Å². The largest absolute Gasteiger partial charge is 0.326 e. The van der Waals surface area contributed by atoms with Gasteiger partial charge in [-0.1, -0.05) is 23.1 Å². The lowest BCUT2D eigenvalue weighted by Crippen LogP contribution is -2.31. The zero-order chi connectivity index (χ0) is 17.4. The highest BCUT2D eigenvalue weighted by atomic mass is 32.2. The predicted octanol–water partition coefficient (Wildman–Crippen LogP) is 3.63. The van der Waals surface area contributed by atoms with Crippen LogP contribution in [0, 0.1) is 25.2 Å². The van der Waals surface area contributed by atoms with Crippen molar-refractivity contribution < 1.29 is 4.79 Å². The van der Waals surface area contributed by atoms with Crippen molar-refractivity contribution in [3.63, 3.8) is 0 Å². The van der Waals surface area contributed by atoms with Crippen LogP contribution in [0.15, 0.2) is 27.4 Å². The van der Waals surface area contributed by atoms with Gasteiger partial charge >= 0.3 is 0 Å². The van der Waals surface area contributed by atoms with Crippen LogP contribution in [0.5, 0.6) is 0 Å². The first-order valence-electron chi connectivity index (χ1n) is 8.66. The highest BCUT2D eigenvalue weighted by Crippen LogP contribution is 2.58. The Bertz CT molecular complexity index is 798. The van der Waals surface area contributed by atoms with Crippen LogP contribution in [-0.2, 0) is 4.79 Å². The number of aryl methyl sites for hydroxylation is 2. The quantitative estimate of drug-likeness (QED) is 0.855. The Hall–Kier alpha value is -1.44. The molecule has 4 rings (SSSR count). The van der Waals surface area contributed by atoms with E-state index >= 15 is 0 Å². The van der Waals surface area contributed by atoms with Crippen molar-refractivity contribution in [3.8, 4) is 0 Å². The summed E-state index contributed by atoms with van der Waals surface area (Å²) in [7, 11) is 0. The molecule has 0 bridgehead atoms. The van der Waals surface area contributed by atoms with E-state index in [0.29, 0.717) is 0 Å². The maximum absolute atomic E-state index is 12.6. The minimum atomic E-state index is 0.185. The summed E-state index contributed by atoms with van der Waals surface area (Å²) in [4.78, 5) is 13.7. The van der Waals surface area contributed by atoms with Gasteiger partial charge in [-0.05, 0) is 75.4 Å². The van der Waals surface area contributed by atoms with Crippen molar-refractivity contribution in [3.05, 3.63) is 28.8 Å². The molecule has 1 saturated heterocycles. The Morgan fingerprint density at radius 1 is 1.32 bits per heavy atom. The molecule has 2 heterocycles. The number of amides is 1. The summed E-state index contributed by atoms with van der Waals surface area (Å²) in [6.07, 6.45) is 3.30. The fourth-order valence-corrected chi connectivity index (χ4v) is 5.56. The minimum absolute atomic E-state index is 0.185. The molecule has 132 valence electrons. The molecule has 1 unspecified atom stereocenters. The predicted molar refractivity (Wildman–Crippen MR) is 101 cm³/mol. The average molecular weight is 375 g/mol. The molecule has 5 nitrogen and oxygen atoms in total. The van der Waals surface area contributed by atoms with Gasteiger partial charge in [0.05, 0.1) is 0 Å². The van der Waals surface area contributed by atoms with E-state index in [2.05, 4.69) is 26.9 Å². The van der Waals surface area contributed by atoms with Gasteiger partial charge in [-0.3, -0.25) is 4.79 Å². The van der Waals surface area contributed by atoms with Crippen LogP contribution in [0.1, 0.15) is 29.8 Å². The molecular weight excluding hydrogens is 352 g/mol. The number of hydrogen-bond acceptors (Lipinski definition) is 6. The molecule has 1 aliphatic heterocycles. The molecule has 25 heavy (non-hydrogen) atoms. The van der Waals surface area contributed by atoms with E-state index in [1.54, 1.807) is 23.1 Å². The summed E-state index contributed by atoms with van der Waals surface area (Å²) in [5.41, 5.74) is 2.27. The summed E-state index contributed by atoms with van der Waals surface area (Å²) < 4.78 is 0.944. The van der Waals surface area contributed by atoms with E-state index in [1.165, 1.54) is 0 Å². The molecular formula is C18H22N4OS2. The molecule has 2 aliphatic rings. The number of rotatable bonds is 4. The monoisotopic (exact) mass is 374 g/mol. The van der Waals surface area contributed by atoms with Gasteiger partial charge in [0, 0.05) is 16.5 Å². The maximum atomic E-state index is 12.6. The van der Waals surface area contributed by atoms with E-state index in [4.69, 9.17) is 0 Å². The average Bonchev–Trinajstić information content (AvgIpc) is 3.12. The van der Waals surface area contributed by atoms with Gasteiger partial charge in [-0.25, -0.2) is 0 Å². The Balaban J connectivity index is 1.40. The molecule has 1 atom stereocenters. The summed E-state index contributed by atoms with van der Waals surface area (Å²) in [6.45, 7) is 6.08. The van der Waals surface area contributed by atoms with Crippen LogP contribution in [-0.4, -0.2) is 29.2 Å². The molecule has 2 N–H and O–H groups in total. The molecule has 2 aromatic rings. The Labute approximate surface area is 156 Å². The first kappa shape index (κ1) is 17.0. The second kappa shape index (κ2) is 6.70. The van der Waals surface area contributed by atoms with E-state index in [1.807, 2.05) is 26.0 Å². The second-order valence-corrected chi connectivity index (χ2v) is 9.53. The van der Waals surface area contributed by atoms with Gasteiger partial charge in [-0.2, -0.15) is 0 Å². The number of carbonyl (C=O) groups is 1. The van der Waals surface area contributed by atoms with Gasteiger partial charge in [0.15, 0.2) is 4.34 Å². The zero-order valence-electron chi connectivity index (χ0n) is 14.5. The van der Waals surface area contributed by atoms with Gasteiger partial charge in [-0.15, -0.1) is 10.2 Å². The smallest absolute Gasteiger partial charge is 0.228 e. The third-order valence-electron chi connectivity index (χ3n) is 5.27. The number of piperidine rings is 1. The second-order valence-electron chi connectivity index (χ2n) is 7.02.